The number of nitrogens with zero attached hydrogens (tertiary/aromatic N) is 3. The summed E-state index contributed by atoms with van der Waals surface area (Å²) in [6.07, 6.45) is 1.97. The molecule has 0 bridgehead atoms. The summed E-state index contributed by atoms with van der Waals surface area (Å²) in [7, 11) is 1.66. The van der Waals surface area contributed by atoms with Crippen molar-refractivity contribution in [3.63, 3.8) is 0 Å². The molecule has 1 aliphatic heterocycles. The summed E-state index contributed by atoms with van der Waals surface area (Å²) in [4.78, 5) is 17.0. The number of hydrogen-bond donors (Lipinski definition) is 0. The van der Waals surface area contributed by atoms with Gasteiger partial charge < -0.3 is 19.1 Å². The van der Waals surface area contributed by atoms with E-state index >= 15 is 0 Å². The number of fused-ring (bicyclic) bond motifs is 1. The van der Waals surface area contributed by atoms with Crippen LogP contribution >= 0.6 is 0 Å². The van der Waals surface area contributed by atoms with Crippen LogP contribution in [0.1, 0.15) is 0 Å². The number of rotatable bonds is 4. The van der Waals surface area contributed by atoms with Crippen LogP contribution in [0, 0.1) is 0 Å². The van der Waals surface area contributed by atoms with E-state index < -0.39 is 0 Å². The van der Waals surface area contributed by atoms with E-state index in [0.717, 1.165) is 42.8 Å². The van der Waals surface area contributed by atoms with E-state index in [1.165, 1.54) is 5.69 Å². The summed E-state index contributed by atoms with van der Waals surface area (Å²) in [6, 6.07) is 18.3. The van der Waals surface area contributed by atoms with Gasteiger partial charge in [-0.2, -0.15) is 0 Å². The summed E-state index contributed by atoms with van der Waals surface area (Å²) >= 11 is 0. The zero-order valence-electron chi connectivity index (χ0n) is 15.0. The zero-order valence-corrected chi connectivity index (χ0v) is 15.0. The van der Waals surface area contributed by atoms with Crippen molar-refractivity contribution < 1.29 is 9.53 Å². The number of hydrogen-bond acceptors (Lipinski definition) is 3. The first kappa shape index (κ1) is 16.5. The maximum Gasteiger partial charge on any atom is 0.242 e. The van der Waals surface area contributed by atoms with Crippen LogP contribution in [-0.2, 0) is 11.3 Å². The van der Waals surface area contributed by atoms with Crippen LogP contribution in [0.5, 0.6) is 5.75 Å². The molecule has 134 valence electrons. The Morgan fingerprint density at radius 2 is 1.77 bits per heavy atom. The molecule has 5 nitrogen and oxygen atoms in total. The van der Waals surface area contributed by atoms with Crippen molar-refractivity contribution in [2.75, 3.05) is 38.2 Å². The molecule has 3 aromatic rings. The summed E-state index contributed by atoms with van der Waals surface area (Å²) in [5.74, 6) is 1.00. The lowest BCUT2D eigenvalue weighted by Crippen LogP contribution is -2.49. The third-order valence-electron chi connectivity index (χ3n) is 5.04. The molecule has 0 aliphatic carbocycles. The molecule has 1 aromatic heterocycles. The number of piperazine rings is 1. The second-order valence-electron chi connectivity index (χ2n) is 6.57. The number of anilines is 1. The molecule has 4 rings (SSSR count). The summed E-state index contributed by atoms with van der Waals surface area (Å²) < 4.78 is 7.28. The van der Waals surface area contributed by atoms with Gasteiger partial charge in [0.25, 0.3) is 0 Å². The van der Waals surface area contributed by atoms with Crippen LogP contribution in [-0.4, -0.2) is 48.7 Å². The normalized spacial score (nSPS) is 14.7. The minimum Gasteiger partial charge on any atom is -0.497 e. The van der Waals surface area contributed by atoms with Crippen molar-refractivity contribution >= 4 is 22.5 Å². The van der Waals surface area contributed by atoms with Crippen molar-refractivity contribution in [1.82, 2.24) is 9.47 Å². The Labute approximate surface area is 153 Å². The molecule has 2 aromatic carbocycles. The summed E-state index contributed by atoms with van der Waals surface area (Å²) in [6.45, 7) is 3.65. The highest BCUT2D eigenvalue weighted by molar-refractivity contribution is 5.84. The van der Waals surface area contributed by atoms with Crippen molar-refractivity contribution in [2.45, 2.75) is 6.54 Å². The van der Waals surface area contributed by atoms with Gasteiger partial charge in [0.1, 0.15) is 12.3 Å². The molecule has 1 fully saturated rings. The fourth-order valence-corrected chi connectivity index (χ4v) is 3.54. The van der Waals surface area contributed by atoms with Crippen LogP contribution in [0.15, 0.2) is 60.8 Å². The summed E-state index contributed by atoms with van der Waals surface area (Å²) in [5.41, 5.74) is 2.28. The molecule has 0 saturated carbocycles. The Morgan fingerprint density at radius 1 is 1.00 bits per heavy atom. The van der Waals surface area contributed by atoms with E-state index in [9.17, 15) is 4.79 Å². The topological polar surface area (TPSA) is 37.7 Å². The van der Waals surface area contributed by atoms with Crippen LogP contribution in [0.3, 0.4) is 0 Å². The molecule has 1 saturated heterocycles. The van der Waals surface area contributed by atoms with Crippen LogP contribution in [0.4, 0.5) is 5.69 Å². The van der Waals surface area contributed by atoms with Gasteiger partial charge in [0.15, 0.2) is 0 Å². The average Bonchev–Trinajstić information content (AvgIpc) is 3.10. The summed E-state index contributed by atoms with van der Waals surface area (Å²) in [5, 5.41) is 1.09. The number of benzene rings is 2. The highest BCUT2D eigenvalue weighted by Gasteiger charge is 2.21. The predicted octanol–water partition coefficient (Wildman–Crippen LogP) is 3.00. The van der Waals surface area contributed by atoms with Gasteiger partial charge in [0, 0.05) is 49.0 Å². The first-order valence-electron chi connectivity index (χ1n) is 8.95. The predicted molar refractivity (Wildman–Crippen MR) is 104 cm³/mol. The lowest BCUT2D eigenvalue weighted by molar-refractivity contribution is -0.132. The van der Waals surface area contributed by atoms with E-state index in [0.29, 0.717) is 6.54 Å². The van der Waals surface area contributed by atoms with Gasteiger partial charge in [-0.1, -0.05) is 18.2 Å². The van der Waals surface area contributed by atoms with Crippen molar-refractivity contribution in [3.8, 4) is 5.75 Å². The lowest BCUT2D eigenvalue weighted by Gasteiger charge is -2.36. The van der Waals surface area contributed by atoms with Gasteiger partial charge in [0.05, 0.1) is 7.11 Å². The third kappa shape index (κ3) is 3.25. The largest absolute Gasteiger partial charge is 0.497 e. The number of carbonyl (C=O) groups excluding carboxylic acids is 1. The number of methoxy groups -OCH3 is 1. The molecule has 0 unspecified atom stereocenters. The number of amides is 1. The zero-order chi connectivity index (χ0) is 17.9. The second-order valence-corrected chi connectivity index (χ2v) is 6.57. The Kier molecular flexibility index (Phi) is 4.52. The first-order chi connectivity index (χ1) is 12.7. The maximum atomic E-state index is 12.7. The van der Waals surface area contributed by atoms with Crippen molar-refractivity contribution in [3.05, 3.63) is 60.8 Å². The highest BCUT2D eigenvalue weighted by Crippen LogP contribution is 2.22. The molecule has 26 heavy (non-hydrogen) atoms. The van der Waals surface area contributed by atoms with Crippen LogP contribution in [0.2, 0.25) is 0 Å². The number of ether oxygens (including phenoxy) is 1. The molecular weight excluding hydrogens is 326 g/mol. The Morgan fingerprint density at radius 3 is 2.50 bits per heavy atom. The van der Waals surface area contributed by atoms with E-state index in [-0.39, 0.29) is 5.91 Å². The SMILES string of the molecule is COc1ccc2c(ccn2CC(=O)N2CCN(c3ccccc3)CC2)c1. The number of aromatic nitrogens is 1. The first-order valence-corrected chi connectivity index (χ1v) is 8.95. The van der Waals surface area contributed by atoms with E-state index in [1.807, 2.05) is 46.0 Å². The molecular formula is C21H23N3O2. The maximum absolute atomic E-state index is 12.7. The lowest BCUT2D eigenvalue weighted by atomic mass is 10.2. The van der Waals surface area contributed by atoms with Gasteiger partial charge in [-0.15, -0.1) is 0 Å². The fourth-order valence-electron chi connectivity index (χ4n) is 3.54. The highest BCUT2D eigenvalue weighted by atomic mass is 16.5. The van der Waals surface area contributed by atoms with Crippen molar-refractivity contribution in [2.24, 2.45) is 0 Å². The van der Waals surface area contributed by atoms with E-state index in [2.05, 4.69) is 29.2 Å². The van der Waals surface area contributed by atoms with Crippen LogP contribution < -0.4 is 9.64 Å². The monoisotopic (exact) mass is 349 g/mol. The number of para-hydroxylation sites is 1. The molecule has 0 radical (unpaired) electrons. The Bertz CT molecular complexity index is 896. The molecule has 2 heterocycles. The van der Waals surface area contributed by atoms with Gasteiger partial charge in [-0.25, -0.2) is 0 Å². The minimum absolute atomic E-state index is 0.172. The number of carbonyl (C=O) groups is 1. The van der Waals surface area contributed by atoms with Gasteiger partial charge in [-0.05, 0) is 36.4 Å². The van der Waals surface area contributed by atoms with E-state index in [4.69, 9.17) is 4.74 Å². The molecule has 0 spiro atoms. The average molecular weight is 349 g/mol. The smallest absolute Gasteiger partial charge is 0.242 e. The van der Waals surface area contributed by atoms with Gasteiger partial charge >= 0.3 is 0 Å². The van der Waals surface area contributed by atoms with Gasteiger partial charge in [-0.3, -0.25) is 4.79 Å². The molecule has 1 aliphatic rings. The molecule has 1 amide bonds. The van der Waals surface area contributed by atoms with Crippen LogP contribution in [0.25, 0.3) is 10.9 Å². The molecule has 5 heteroatoms. The quantitative estimate of drug-likeness (QED) is 0.727. The molecule has 0 atom stereocenters. The van der Waals surface area contributed by atoms with Gasteiger partial charge in [0.2, 0.25) is 5.91 Å². The van der Waals surface area contributed by atoms with E-state index in [1.54, 1.807) is 7.11 Å². The second kappa shape index (κ2) is 7.12. The standard InChI is InChI=1S/C21H23N3O2/c1-26-19-7-8-20-17(15-19)9-10-24(20)16-21(25)23-13-11-22(12-14-23)18-5-3-2-4-6-18/h2-10,15H,11-14,16H2,1H3. The van der Waals surface area contributed by atoms with Crippen molar-refractivity contribution in [1.29, 1.82) is 0 Å². The molecule has 0 N–H and O–H groups in total. The Balaban J connectivity index is 1.40. The Hall–Kier alpha value is -2.95. The third-order valence-corrected chi connectivity index (χ3v) is 5.04. The minimum atomic E-state index is 0.172. The fraction of sp³-hybridized carbons (Fsp3) is 0.286.